The van der Waals surface area contributed by atoms with Crippen LogP contribution in [0.2, 0.25) is 0 Å². The standard InChI is InChI=1S/C23H35N5O2/c1-17(2)21(29)28-13-10-20(16-28)26-23(24-3)25-15-18-8-7-9-19(14-18)22(30)27-11-5-4-6-12-27/h7-9,14,17,20H,4-6,10-13,15-16H2,1-3H3,(H2,24,25,26). The van der Waals surface area contributed by atoms with Crippen molar-refractivity contribution in [3.05, 3.63) is 35.4 Å². The first-order valence-corrected chi connectivity index (χ1v) is 11.1. The van der Waals surface area contributed by atoms with E-state index in [9.17, 15) is 9.59 Å². The monoisotopic (exact) mass is 413 g/mol. The molecule has 2 aliphatic heterocycles. The van der Waals surface area contributed by atoms with Crippen LogP contribution < -0.4 is 10.6 Å². The van der Waals surface area contributed by atoms with Gasteiger partial charge in [-0.2, -0.15) is 0 Å². The molecule has 0 aliphatic carbocycles. The molecule has 7 heteroatoms. The lowest BCUT2D eigenvalue weighted by molar-refractivity contribution is -0.133. The first kappa shape index (κ1) is 22.1. The minimum absolute atomic E-state index is 0.0288. The number of hydrogen-bond acceptors (Lipinski definition) is 3. The van der Waals surface area contributed by atoms with Crippen molar-refractivity contribution in [1.82, 2.24) is 20.4 Å². The molecule has 0 aromatic heterocycles. The summed E-state index contributed by atoms with van der Waals surface area (Å²) in [6, 6.07) is 8.02. The van der Waals surface area contributed by atoms with E-state index < -0.39 is 0 Å². The molecule has 30 heavy (non-hydrogen) atoms. The van der Waals surface area contributed by atoms with E-state index in [2.05, 4.69) is 15.6 Å². The summed E-state index contributed by atoms with van der Waals surface area (Å²) in [5.74, 6) is 1.07. The third kappa shape index (κ3) is 5.74. The van der Waals surface area contributed by atoms with Gasteiger partial charge in [0.25, 0.3) is 5.91 Å². The number of nitrogens with zero attached hydrogens (tertiary/aromatic N) is 3. The van der Waals surface area contributed by atoms with Gasteiger partial charge < -0.3 is 20.4 Å². The first-order chi connectivity index (χ1) is 14.5. The molecule has 2 heterocycles. The van der Waals surface area contributed by atoms with Gasteiger partial charge in [0.15, 0.2) is 5.96 Å². The number of amides is 2. The van der Waals surface area contributed by atoms with Crippen LogP contribution in [0.15, 0.2) is 29.3 Å². The number of benzene rings is 1. The molecule has 2 fully saturated rings. The summed E-state index contributed by atoms with van der Waals surface area (Å²) >= 11 is 0. The molecule has 164 valence electrons. The Hall–Kier alpha value is -2.57. The van der Waals surface area contributed by atoms with E-state index in [1.54, 1.807) is 7.05 Å². The van der Waals surface area contributed by atoms with Crippen LogP contribution in [-0.2, 0) is 11.3 Å². The van der Waals surface area contributed by atoms with E-state index in [1.165, 1.54) is 6.42 Å². The van der Waals surface area contributed by atoms with E-state index in [-0.39, 0.29) is 23.8 Å². The quantitative estimate of drug-likeness (QED) is 0.573. The Bertz CT molecular complexity index is 771. The lowest BCUT2D eigenvalue weighted by Gasteiger charge is -2.26. The fourth-order valence-electron chi connectivity index (χ4n) is 4.11. The highest BCUT2D eigenvalue weighted by Crippen LogP contribution is 2.15. The summed E-state index contributed by atoms with van der Waals surface area (Å²) in [4.78, 5) is 33.1. The van der Waals surface area contributed by atoms with Crippen LogP contribution in [0.1, 0.15) is 55.5 Å². The van der Waals surface area contributed by atoms with Gasteiger partial charge in [0.2, 0.25) is 5.91 Å². The molecule has 0 bridgehead atoms. The molecule has 2 amide bonds. The average molecular weight is 414 g/mol. The Kier molecular flexibility index (Phi) is 7.71. The van der Waals surface area contributed by atoms with Crippen molar-refractivity contribution in [2.24, 2.45) is 10.9 Å². The maximum absolute atomic E-state index is 12.7. The largest absolute Gasteiger partial charge is 0.352 e. The summed E-state index contributed by atoms with van der Waals surface area (Å²) in [6.45, 7) is 7.67. The molecule has 0 radical (unpaired) electrons. The summed E-state index contributed by atoms with van der Waals surface area (Å²) < 4.78 is 0. The highest BCUT2D eigenvalue weighted by molar-refractivity contribution is 5.94. The number of nitrogens with one attached hydrogen (secondary N) is 2. The highest BCUT2D eigenvalue weighted by atomic mass is 16.2. The summed E-state index contributed by atoms with van der Waals surface area (Å²) in [5.41, 5.74) is 1.79. The molecule has 0 saturated carbocycles. The van der Waals surface area contributed by atoms with E-state index in [0.717, 1.165) is 50.0 Å². The number of aliphatic imine (C=N–C) groups is 1. The molecule has 2 saturated heterocycles. The van der Waals surface area contributed by atoms with Crippen LogP contribution in [-0.4, -0.2) is 66.8 Å². The van der Waals surface area contributed by atoms with Crippen molar-refractivity contribution in [3.63, 3.8) is 0 Å². The Labute approximate surface area is 179 Å². The van der Waals surface area contributed by atoms with Gasteiger partial charge in [0.05, 0.1) is 0 Å². The second kappa shape index (κ2) is 10.5. The Morgan fingerprint density at radius 2 is 1.90 bits per heavy atom. The maximum atomic E-state index is 12.7. The molecule has 2 aliphatic rings. The van der Waals surface area contributed by atoms with Crippen molar-refractivity contribution in [2.75, 3.05) is 33.2 Å². The number of piperidine rings is 1. The fraction of sp³-hybridized carbons (Fsp3) is 0.609. The lowest BCUT2D eigenvalue weighted by atomic mass is 10.1. The van der Waals surface area contributed by atoms with Crippen molar-refractivity contribution >= 4 is 17.8 Å². The van der Waals surface area contributed by atoms with E-state index >= 15 is 0 Å². The van der Waals surface area contributed by atoms with Crippen molar-refractivity contribution < 1.29 is 9.59 Å². The van der Waals surface area contributed by atoms with Gasteiger partial charge in [-0.25, -0.2) is 0 Å². The fourth-order valence-corrected chi connectivity index (χ4v) is 4.11. The van der Waals surface area contributed by atoms with Gasteiger partial charge in [0.1, 0.15) is 0 Å². The predicted octanol–water partition coefficient (Wildman–Crippen LogP) is 2.23. The average Bonchev–Trinajstić information content (AvgIpc) is 3.24. The zero-order chi connectivity index (χ0) is 21.5. The van der Waals surface area contributed by atoms with E-state index in [0.29, 0.717) is 19.0 Å². The maximum Gasteiger partial charge on any atom is 0.253 e. The molecule has 1 aromatic rings. The lowest BCUT2D eigenvalue weighted by Crippen LogP contribution is -2.45. The summed E-state index contributed by atoms with van der Waals surface area (Å²) in [5, 5.41) is 6.75. The topological polar surface area (TPSA) is 77.0 Å². The number of likely N-dealkylation sites (tertiary alicyclic amines) is 2. The van der Waals surface area contributed by atoms with E-state index in [1.807, 2.05) is 47.9 Å². The molecule has 2 N–H and O–H groups in total. The number of hydrogen-bond donors (Lipinski definition) is 2. The Morgan fingerprint density at radius 1 is 1.13 bits per heavy atom. The minimum Gasteiger partial charge on any atom is -0.352 e. The van der Waals surface area contributed by atoms with Gasteiger partial charge in [0, 0.05) is 57.3 Å². The van der Waals surface area contributed by atoms with Gasteiger partial charge in [-0.1, -0.05) is 26.0 Å². The molecule has 1 atom stereocenters. The number of guanidine groups is 1. The van der Waals surface area contributed by atoms with Crippen molar-refractivity contribution in [2.45, 2.75) is 52.1 Å². The zero-order valence-corrected chi connectivity index (χ0v) is 18.5. The minimum atomic E-state index is 0.0288. The third-order valence-electron chi connectivity index (χ3n) is 5.84. The van der Waals surface area contributed by atoms with Crippen molar-refractivity contribution in [3.8, 4) is 0 Å². The second-order valence-electron chi connectivity index (χ2n) is 8.55. The second-order valence-corrected chi connectivity index (χ2v) is 8.55. The number of carbonyl (C=O) groups excluding carboxylic acids is 2. The summed E-state index contributed by atoms with van der Waals surface area (Å²) in [7, 11) is 1.75. The first-order valence-electron chi connectivity index (χ1n) is 11.1. The molecular weight excluding hydrogens is 378 g/mol. The highest BCUT2D eigenvalue weighted by Gasteiger charge is 2.28. The van der Waals surface area contributed by atoms with Gasteiger partial charge in [-0.15, -0.1) is 0 Å². The number of rotatable bonds is 5. The van der Waals surface area contributed by atoms with Crippen LogP contribution in [0.3, 0.4) is 0 Å². The molecule has 1 unspecified atom stereocenters. The number of carbonyl (C=O) groups is 2. The predicted molar refractivity (Wildman–Crippen MR) is 119 cm³/mol. The third-order valence-corrected chi connectivity index (χ3v) is 5.84. The zero-order valence-electron chi connectivity index (χ0n) is 18.5. The molecule has 1 aromatic carbocycles. The van der Waals surface area contributed by atoms with E-state index in [4.69, 9.17) is 0 Å². The molecule has 3 rings (SSSR count). The normalized spacial score (nSPS) is 19.9. The van der Waals surface area contributed by atoms with Crippen LogP contribution >= 0.6 is 0 Å². The van der Waals surface area contributed by atoms with Crippen LogP contribution in [0.4, 0.5) is 0 Å². The Morgan fingerprint density at radius 3 is 2.60 bits per heavy atom. The van der Waals surface area contributed by atoms with Crippen LogP contribution in [0.25, 0.3) is 0 Å². The van der Waals surface area contributed by atoms with Gasteiger partial charge in [-0.3, -0.25) is 14.6 Å². The van der Waals surface area contributed by atoms with Crippen LogP contribution in [0.5, 0.6) is 0 Å². The van der Waals surface area contributed by atoms with Gasteiger partial charge in [-0.05, 0) is 43.4 Å². The smallest absolute Gasteiger partial charge is 0.253 e. The van der Waals surface area contributed by atoms with Crippen molar-refractivity contribution in [1.29, 1.82) is 0 Å². The summed E-state index contributed by atoms with van der Waals surface area (Å²) in [6.07, 6.45) is 4.32. The molecule has 7 nitrogen and oxygen atoms in total. The molecule has 0 spiro atoms. The Balaban J connectivity index is 1.52. The molecular formula is C23H35N5O2. The SMILES string of the molecule is CN=C(NCc1cccc(C(=O)N2CCCCC2)c1)NC1CCN(C(=O)C(C)C)C1. The van der Waals surface area contributed by atoms with Gasteiger partial charge >= 0.3 is 0 Å². The van der Waals surface area contributed by atoms with Crippen LogP contribution in [0, 0.1) is 5.92 Å².